The molecule has 0 aliphatic rings. The Morgan fingerprint density at radius 2 is 2.00 bits per heavy atom. The number of aromatic nitrogens is 2. The summed E-state index contributed by atoms with van der Waals surface area (Å²) >= 11 is 3.09. The Hall–Kier alpha value is -1.76. The molecule has 1 aromatic heterocycles. The maximum Gasteiger partial charge on any atom is 0.305 e. The molecule has 0 fully saturated rings. The van der Waals surface area contributed by atoms with Gasteiger partial charge >= 0.3 is 4.60 Å². The molecule has 0 saturated carbocycles. The average Bonchev–Trinajstić information content (AvgIpc) is 2.69. The lowest BCUT2D eigenvalue weighted by Gasteiger charge is -2.05. The van der Waals surface area contributed by atoms with Crippen LogP contribution in [0.15, 0.2) is 27.3 Å². The molecule has 0 N–H and O–H groups in total. The molecular formula is C10H9BrN2O4. The molecule has 90 valence electrons. The first kappa shape index (κ1) is 11.7. The molecule has 0 radical (unpaired) electrons. The molecule has 17 heavy (non-hydrogen) atoms. The number of halogens is 1. The number of nitrogens with zero attached hydrogens (tertiary/aromatic N) is 2. The van der Waals surface area contributed by atoms with E-state index < -0.39 is 5.95 Å². The first-order chi connectivity index (χ1) is 8.17. The van der Waals surface area contributed by atoms with Gasteiger partial charge in [0.1, 0.15) is 0 Å². The molecule has 7 heteroatoms. The molecule has 6 nitrogen and oxygen atoms in total. The van der Waals surface area contributed by atoms with E-state index in [1.165, 1.54) is 11.8 Å². The van der Waals surface area contributed by atoms with Crippen molar-refractivity contribution in [2.24, 2.45) is 0 Å². The average molecular weight is 301 g/mol. The van der Waals surface area contributed by atoms with Crippen LogP contribution < -0.4 is 19.3 Å². The smallest absolute Gasteiger partial charge is 0.305 e. The van der Waals surface area contributed by atoms with Gasteiger partial charge in [0.2, 0.25) is 5.69 Å². The highest BCUT2D eigenvalue weighted by Gasteiger charge is 2.19. The molecule has 0 aliphatic heterocycles. The van der Waals surface area contributed by atoms with Crippen LogP contribution in [0.1, 0.15) is 0 Å². The van der Waals surface area contributed by atoms with Crippen molar-refractivity contribution in [3.8, 4) is 23.1 Å². The van der Waals surface area contributed by atoms with Crippen LogP contribution in [0.5, 0.6) is 17.4 Å². The third kappa shape index (κ3) is 2.05. The molecule has 0 aliphatic carbocycles. The third-order valence-corrected chi connectivity index (χ3v) is 2.83. The fourth-order valence-electron chi connectivity index (χ4n) is 1.36. The normalized spacial score (nSPS) is 10.3. The topological polar surface area (TPSA) is 71.4 Å². The molecule has 1 heterocycles. The highest BCUT2D eigenvalue weighted by molar-refractivity contribution is 9.10. The van der Waals surface area contributed by atoms with Crippen molar-refractivity contribution in [2.75, 3.05) is 14.2 Å². The molecule has 0 amide bonds. The van der Waals surface area contributed by atoms with Crippen molar-refractivity contribution in [3.63, 3.8) is 0 Å². The summed E-state index contributed by atoms with van der Waals surface area (Å²) in [5, 5.41) is 14.7. The minimum absolute atomic E-state index is 0.213. The standard InChI is InChI=1S/C10H9BrN2O4/c1-15-7-4-3-6(5-8(7)16-2)13-9(11)10(14)17-12-13/h3-5H,1-2H3. The van der Waals surface area contributed by atoms with Gasteiger partial charge < -0.3 is 19.1 Å². The number of rotatable bonds is 3. The Morgan fingerprint density at radius 1 is 1.29 bits per heavy atom. The fourth-order valence-corrected chi connectivity index (χ4v) is 1.70. The summed E-state index contributed by atoms with van der Waals surface area (Å²) in [5.41, 5.74) is 0.625. The lowest BCUT2D eigenvalue weighted by molar-refractivity contribution is -0.680. The van der Waals surface area contributed by atoms with E-state index in [0.29, 0.717) is 17.2 Å². The van der Waals surface area contributed by atoms with Crippen molar-refractivity contribution in [3.05, 3.63) is 22.8 Å². The summed E-state index contributed by atoms with van der Waals surface area (Å²) in [7, 11) is 3.08. The summed E-state index contributed by atoms with van der Waals surface area (Å²) in [6.45, 7) is 0. The second kappa shape index (κ2) is 4.62. The molecule has 2 aromatic rings. The van der Waals surface area contributed by atoms with Crippen molar-refractivity contribution < 1.29 is 23.8 Å². The fraction of sp³-hybridized carbons (Fsp3) is 0.200. The van der Waals surface area contributed by atoms with E-state index in [0.717, 1.165) is 0 Å². The zero-order valence-corrected chi connectivity index (χ0v) is 10.7. The van der Waals surface area contributed by atoms with Gasteiger partial charge in [0.15, 0.2) is 17.4 Å². The molecule has 1 aromatic carbocycles. The van der Waals surface area contributed by atoms with Gasteiger partial charge in [0, 0.05) is 22.0 Å². The summed E-state index contributed by atoms with van der Waals surface area (Å²) in [6, 6.07) is 5.13. The van der Waals surface area contributed by atoms with Crippen LogP contribution in [0.3, 0.4) is 0 Å². The summed E-state index contributed by atoms with van der Waals surface area (Å²) in [5.74, 6) is 0.596. The lowest BCUT2D eigenvalue weighted by atomic mass is 10.3. The Labute approximate surface area is 105 Å². The summed E-state index contributed by atoms with van der Waals surface area (Å²) in [6.07, 6.45) is 0. The minimum atomic E-state index is -0.542. The zero-order valence-electron chi connectivity index (χ0n) is 9.14. The first-order valence-corrected chi connectivity index (χ1v) is 5.43. The van der Waals surface area contributed by atoms with Gasteiger partial charge in [-0.1, -0.05) is 0 Å². The summed E-state index contributed by atoms with van der Waals surface area (Å²) in [4.78, 5) is 0. The van der Waals surface area contributed by atoms with Crippen LogP contribution in [-0.4, -0.2) is 19.5 Å². The van der Waals surface area contributed by atoms with Gasteiger partial charge in [0.05, 0.1) is 25.6 Å². The molecule has 0 bridgehead atoms. The van der Waals surface area contributed by atoms with E-state index in [1.807, 2.05) is 0 Å². The zero-order chi connectivity index (χ0) is 12.4. The van der Waals surface area contributed by atoms with E-state index >= 15 is 0 Å². The SMILES string of the molecule is COc1ccc(-[n+]2noc([O-])c2Br)cc1OC. The van der Waals surface area contributed by atoms with Crippen molar-refractivity contribution in [2.45, 2.75) is 0 Å². The van der Waals surface area contributed by atoms with E-state index in [1.54, 1.807) is 25.3 Å². The largest absolute Gasteiger partial charge is 0.538 e. The first-order valence-electron chi connectivity index (χ1n) is 4.64. The number of hydrogen-bond donors (Lipinski definition) is 0. The Kier molecular flexibility index (Phi) is 3.19. The van der Waals surface area contributed by atoms with Gasteiger partial charge in [-0.25, -0.2) is 0 Å². The monoisotopic (exact) mass is 300 g/mol. The van der Waals surface area contributed by atoms with Crippen LogP contribution in [0.2, 0.25) is 0 Å². The van der Waals surface area contributed by atoms with E-state index in [4.69, 9.17) is 9.47 Å². The maximum atomic E-state index is 11.1. The number of hydrogen-bond acceptors (Lipinski definition) is 5. The van der Waals surface area contributed by atoms with Gasteiger partial charge in [-0.2, -0.15) is 0 Å². The van der Waals surface area contributed by atoms with Crippen LogP contribution in [0.4, 0.5) is 0 Å². The third-order valence-electron chi connectivity index (χ3n) is 2.17. The van der Waals surface area contributed by atoms with Crippen LogP contribution >= 0.6 is 15.9 Å². The quantitative estimate of drug-likeness (QED) is 0.784. The van der Waals surface area contributed by atoms with Crippen molar-refractivity contribution in [1.29, 1.82) is 0 Å². The Morgan fingerprint density at radius 3 is 2.53 bits per heavy atom. The molecule has 0 atom stereocenters. The Balaban J connectivity index is 2.50. The molecular weight excluding hydrogens is 292 g/mol. The van der Waals surface area contributed by atoms with Gasteiger partial charge in [-0.05, 0) is 10.7 Å². The lowest BCUT2D eigenvalue weighted by Crippen LogP contribution is -2.33. The number of methoxy groups -OCH3 is 2. The second-order valence-corrected chi connectivity index (χ2v) is 3.85. The predicted molar refractivity (Wildman–Crippen MR) is 58.3 cm³/mol. The highest BCUT2D eigenvalue weighted by Crippen LogP contribution is 2.28. The van der Waals surface area contributed by atoms with Crippen LogP contribution in [0.25, 0.3) is 5.69 Å². The van der Waals surface area contributed by atoms with Crippen LogP contribution in [0, 0.1) is 0 Å². The maximum absolute atomic E-state index is 11.1. The highest BCUT2D eigenvalue weighted by atomic mass is 79.9. The number of ether oxygens (including phenoxy) is 2. The minimum Gasteiger partial charge on any atom is -0.538 e. The predicted octanol–water partition coefficient (Wildman–Crippen LogP) is 0.805. The Bertz CT molecular complexity index is 541. The molecule has 0 saturated heterocycles. The van der Waals surface area contributed by atoms with E-state index in [-0.39, 0.29) is 4.60 Å². The van der Waals surface area contributed by atoms with Crippen molar-refractivity contribution >= 4 is 15.9 Å². The van der Waals surface area contributed by atoms with Crippen LogP contribution in [-0.2, 0) is 0 Å². The number of benzene rings is 1. The second-order valence-electron chi connectivity index (χ2n) is 3.10. The molecule has 0 spiro atoms. The van der Waals surface area contributed by atoms with Gasteiger partial charge in [-0.15, -0.1) is 0 Å². The molecule has 2 rings (SSSR count). The van der Waals surface area contributed by atoms with Gasteiger partial charge in [0.25, 0.3) is 0 Å². The summed E-state index contributed by atoms with van der Waals surface area (Å²) < 4.78 is 16.3. The van der Waals surface area contributed by atoms with Crippen molar-refractivity contribution in [1.82, 2.24) is 5.27 Å². The van der Waals surface area contributed by atoms with E-state index in [2.05, 4.69) is 25.7 Å². The van der Waals surface area contributed by atoms with E-state index in [9.17, 15) is 5.11 Å². The molecule has 0 unspecified atom stereocenters. The van der Waals surface area contributed by atoms with Gasteiger partial charge in [-0.3, -0.25) is 0 Å².